The van der Waals surface area contributed by atoms with Gasteiger partial charge in [-0.1, -0.05) is 25.8 Å². The van der Waals surface area contributed by atoms with E-state index in [0.29, 0.717) is 12.6 Å². The molecule has 0 aliphatic carbocycles. The molecule has 2 aromatic rings. The molecule has 0 amide bonds. The number of nitrogens with zero attached hydrogens (tertiary/aromatic N) is 3. The van der Waals surface area contributed by atoms with Gasteiger partial charge in [-0.25, -0.2) is 4.98 Å². The van der Waals surface area contributed by atoms with E-state index in [9.17, 15) is 0 Å². The SMILES string of the molecule is CCCCCN(c1nc2ccccn2c1CCN)C(C)C. The highest BCUT2D eigenvalue weighted by atomic mass is 15.2. The number of anilines is 1. The van der Waals surface area contributed by atoms with Crippen LogP contribution in [0.2, 0.25) is 0 Å². The van der Waals surface area contributed by atoms with E-state index in [4.69, 9.17) is 10.7 Å². The minimum atomic E-state index is 0.447. The fourth-order valence-corrected chi connectivity index (χ4v) is 2.77. The summed E-state index contributed by atoms with van der Waals surface area (Å²) < 4.78 is 2.18. The molecule has 2 rings (SSSR count). The first-order valence-corrected chi connectivity index (χ1v) is 8.11. The van der Waals surface area contributed by atoms with Gasteiger partial charge in [-0.15, -0.1) is 0 Å². The van der Waals surface area contributed by atoms with Gasteiger partial charge in [0.2, 0.25) is 0 Å². The smallest absolute Gasteiger partial charge is 0.151 e. The lowest BCUT2D eigenvalue weighted by atomic mass is 10.2. The van der Waals surface area contributed by atoms with Gasteiger partial charge >= 0.3 is 0 Å². The summed E-state index contributed by atoms with van der Waals surface area (Å²) in [5.74, 6) is 1.11. The van der Waals surface area contributed by atoms with Gasteiger partial charge in [-0.3, -0.25) is 0 Å². The lowest BCUT2D eigenvalue weighted by Crippen LogP contribution is -2.33. The zero-order valence-electron chi connectivity index (χ0n) is 13.5. The Labute approximate surface area is 128 Å². The van der Waals surface area contributed by atoms with Crippen LogP contribution in [0.5, 0.6) is 0 Å². The van der Waals surface area contributed by atoms with Crippen LogP contribution < -0.4 is 10.6 Å². The minimum Gasteiger partial charge on any atom is -0.353 e. The summed E-state index contributed by atoms with van der Waals surface area (Å²) >= 11 is 0. The van der Waals surface area contributed by atoms with Crippen molar-refractivity contribution in [3.8, 4) is 0 Å². The molecule has 0 spiro atoms. The molecule has 0 radical (unpaired) electrons. The Morgan fingerprint density at radius 2 is 2.10 bits per heavy atom. The second kappa shape index (κ2) is 7.46. The van der Waals surface area contributed by atoms with E-state index in [1.54, 1.807) is 0 Å². The van der Waals surface area contributed by atoms with Gasteiger partial charge in [-0.05, 0) is 38.9 Å². The van der Waals surface area contributed by atoms with E-state index < -0.39 is 0 Å². The summed E-state index contributed by atoms with van der Waals surface area (Å²) in [4.78, 5) is 7.29. The largest absolute Gasteiger partial charge is 0.353 e. The molecule has 2 aromatic heterocycles. The molecule has 0 aliphatic rings. The lowest BCUT2D eigenvalue weighted by Gasteiger charge is -2.28. The van der Waals surface area contributed by atoms with Gasteiger partial charge < -0.3 is 15.0 Å². The van der Waals surface area contributed by atoms with E-state index in [0.717, 1.165) is 24.4 Å². The quantitative estimate of drug-likeness (QED) is 0.759. The monoisotopic (exact) mass is 288 g/mol. The molecule has 0 unspecified atom stereocenters. The maximum Gasteiger partial charge on any atom is 0.151 e. The van der Waals surface area contributed by atoms with Crippen molar-refractivity contribution < 1.29 is 0 Å². The van der Waals surface area contributed by atoms with Crippen LogP contribution in [0.15, 0.2) is 24.4 Å². The molecular weight excluding hydrogens is 260 g/mol. The van der Waals surface area contributed by atoms with Crippen molar-refractivity contribution in [1.29, 1.82) is 0 Å². The average Bonchev–Trinajstić information content (AvgIpc) is 2.82. The topological polar surface area (TPSA) is 46.6 Å². The maximum atomic E-state index is 5.82. The van der Waals surface area contributed by atoms with Crippen LogP contribution in [-0.2, 0) is 6.42 Å². The molecule has 0 saturated carbocycles. The van der Waals surface area contributed by atoms with Gasteiger partial charge in [0, 0.05) is 25.2 Å². The summed E-state index contributed by atoms with van der Waals surface area (Å²) in [5, 5.41) is 0. The van der Waals surface area contributed by atoms with Gasteiger partial charge in [-0.2, -0.15) is 0 Å². The Morgan fingerprint density at radius 3 is 2.76 bits per heavy atom. The molecule has 0 fully saturated rings. The number of imidazole rings is 1. The van der Waals surface area contributed by atoms with Crippen molar-refractivity contribution in [2.24, 2.45) is 5.73 Å². The molecule has 4 nitrogen and oxygen atoms in total. The van der Waals surface area contributed by atoms with Gasteiger partial charge in [0.1, 0.15) is 5.65 Å². The molecule has 0 saturated heterocycles. The summed E-state index contributed by atoms with van der Waals surface area (Å²) in [6.45, 7) is 8.43. The highest BCUT2D eigenvalue weighted by molar-refractivity contribution is 5.56. The number of pyridine rings is 1. The van der Waals surface area contributed by atoms with Gasteiger partial charge in [0.25, 0.3) is 0 Å². The molecule has 0 aromatic carbocycles. The predicted molar refractivity (Wildman–Crippen MR) is 90.0 cm³/mol. The number of unbranched alkanes of at least 4 members (excludes halogenated alkanes) is 2. The Morgan fingerprint density at radius 1 is 1.29 bits per heavy atom. The highest BCUT2D eigenvalue weighted by Crippen LogP contribution is 2.24. The van der Waals surface area contributed by atoms with E-state index in [1.165, 1.54) is 25.0 Å². The van der Waals surface area contributed by atoms with Crippen LogP contribution in [0.4, 0.5) is 5.82 Å². The number of hydrogen-bond acceptors (Lipinski definition) is 3. The Kier molecular flexibility index (Phi) is 5.62. The van der Waals surface area contributed by atoms with Crippen molar-refractivity contribution in [1.82, 2.24) is 9.38 Å². The summed E-state index contributed by atoms with van der Waals surface area (Å²) in [5.41, 5.74) is 8.06. The third kappa shape index (κ3) is 3.56. The number of aromatic nitrogens is 2. The fraction of sp³-hybridized carbons (Fsp3) is 0.588. The van der Waals surface area contributed by atoms with Crippen molar-refractivity contribution in [3.05, 3.63) is 30.1 Å². The molecule has 116 valence electrons. The summed E-state index contributed by atoms with van der Waals surface area (Å²) in [6, 6.07) is 6.60. The van der Waals surface area contributed by atoms with E-state index in [1.807, 2.05) is 6.07 Å². The zero-order chi connectivity index (χ0) is 15.2. The van der Waals surface area contributed by atoms with Crippen LogP contribution in [0, 0.1) is 0 Å². The van der Waals surface area contributed by atoms with Crippen LogP contribution >= 0.6 is 0 Å². The minimum absolute atomic E-state index is 0.447. The van der Waals surface area contributed by atoms with Gasteiger partial charge in [0.15, 0.2) is 5.82 Å². The zero-order valence-corrected chi connectivity index (χ0v) is 13.5. The standard InChI is InChI=1S/C17H28N4/c1-4-5-7-12-20(14(2)3)17-15(10-11-18)21-13-8-6-9-16(21)19-17/h6,8-9,13-14H,4-5,7,10-12,18H2,1-3H3. The first kappa shape index (κ1) is 15.8. The summed E-state index contributed by atoms with van der Waals surface area (Å²) in [7, 11) is 0. The number of fused-ring (bicyclic) bond motifs is 1. The van der Waals surface area contributed by atoms with Gasteiger partial charge in [0.05, 0.1) is 5.69 Å². The normalized spacial score (nSPS) is 11.5. The number of rotatable bonds is 8. The fourth-order valence-electron chi connectivity index (χ4n) is 2.77. The molecule has 0 aliphatic heterocycles. The van der Waals surface area contributed by atoms with Crippen molar-refractivity contribution >= 4 is 11.5 Å². The molecule has 2 heterocycles. The van der Waals surface area contributed by atoms with E-state index in [2.05, 4.69) is 48.4 Å². The molecular formula is C17H28N4. The van der Waals surface area contributed by atoms with Crippen LogP contribution in [0.25, 0.3) is 5.65 Å². The average molecular weight is 288 g/mol. The summed E-state index contributed by atoms with van der Waals surface area (Å²) in [6.07, 6.45) is 6.67. The maximum absolute atomic E-state index is 5.82. The Balaban J connectivity index is 2.38. The molecule has 4 heteroatoms. The third-order valence-electron chi connectivity index (χ3n) is 3.89. The Bertz CT molecular complexity index is 559. The molecule has 0 bridgehead atoms. The first-order valence-electron chi connectivity index (χ1n) is 8.11. The second-order valence-electron chi connectivity index (χ2n) is 5.84. The molecule has 2 N–H and O–H groups in total. The van der Waals surface area contributed by atoms with Crippen LogP contribution in [-0.4, -0.2) is 28.5 Å². The Hall–Kier alpha value is -1.55. The highest BCUT2D eigenvalue weighted by Gasteiger charge is 2.19. The molecule has 0 atom stereocenters. The number of nitrogens with two attached hydrogens (primary N) is 1. The third-order valence-corrected chi connectivity index (χ3v) is 3.89. The second-order valence-corrected chi connectivity index (χ2v) is 5.84. The number of hydrogen-bond donors (Lipinski definition) is 1. The predicted octanol–water partition coefficient (Wildman–Crippen LogP) is 3.24. The molecule has 21 heavy (non-hydrogen) atoms. The van der Waals surface area contributed by atoms with Crippen molar-refractivity contribution in [3.63, 3.8) is 0 Å². The van der Waals surface area contributed by atoms with Crippen molar-refractivity contribution in [2.45, 2.75) is 52.5 Å². The van der Waals surface area contributed by atoms with E-state index >= 15 is 0 Å². The van der Waals surface area contributed by atoms with Crippen molar-refractivity contribution in [2.75, 3.05) is 18.0 Å². The van der Waals surface area contributed by atoms with E-state index in [-0.39, 0.29) is 0 Å². The van der Waals surface area contributed by atoms with Crippen LogP contribution in [0.3, 0.4) is 0 Å². The first-order chi connectivity index (χ1) is 10.2. The van der Waals surface area contributed by atoms with Crippen LogP contribution in [0.1, 0.15) is 45.7 Å². The lowest BCUT2D eigenvalue weighted by molar-refractivity contribution is 0.618.